The topological polar surface area (TPSA) is 125 Å². The van der Waals surface area contributed by atoms with Gasteiger partial charge in [0, 0.05) is 34.8 Å². The van der Waals surface area contributed by atoms with Crippen LogP contribution in [0.15, 0.2) is 18.2 Å². The van der Waals surface area contributed by atoms with Crippen molar-refractivity contribution in [2.24, 2.45) is 0 Å². The summed E-state index contributed by atoms with van der Waals surface area (Å²) in [6, 6.07) is 3.68. The molecule has 1 aromatic rings. The first-order valence-electron chi connectivity index (χ1n) is 11.8. The molecule has 10 nitrogen and oxygen atoms in total. The first-order valence-corrected chi connectivity index (χ1v) is 11.8. The highest BCUT2D eigenvalue weighted by molar-refractivity contribution is 5.98. The van der Waals surface area contributed by atoms with Crippen LogP contribution in [-0.2, 0) is 9.59 Å². The average molecular weight is 492 g/mol. The third-order valence-electron chi connectivity index (χ3n) is 4.89. The van der Waals surface area contributed by atoms with Crippen molar-refractivity contribution in [3.05, 3.63) is 33.9 Å². The summed E-state index contributed by atoms with van der Waals surface area (Å²) < 4.78 is 0. The predicted molar refractivity (Wildman–Crippen MR) is 138 cm³/mol. The van der Waals surface area contributed by atoms with Gasteiger partial charge in [0.1, 0.15) is 12.2 Å². The lowest BCUT2D eigenvalue weighted by molar-refractivity contribution is -0.384. The monoisotopic (exact) mass is 491 g/mol. The van der Waals surface area contributed by atoms with Crippen molar-refractivity contribution in [2.45, 2.75) is 92.4 Å². The second-order valence-corrected chi connectivity index (χ2v) is 11.3. The fraction of sp³-hybridized carbons (Fsp3) is 0.640. The van der Waals surface area contributed by atoms with Gasteiger partial charge < -0.3 is 20.4 Å². The fourth-order valence-corrected chi connectivity index (χ4v) is 3.47. The molecule has 0 aliphatic heterocycles. The van der Waals surface area contributed by atoms with Gasteiger partial charge in [0.2, 0.25) is 11.8 Å². The molecule has 10 heteroatoms. The molecule has 0 bridgehead atoms. The van der Waals surface area contributed by atoms with Gasteiger partial charge in [-0.15, -0.1) is 0 Å². The van der Waals surface area contributed by atoms with Crippen LogP contribution in [0.3, 0.4) is 0 Å². The minimum atomic E-state index is -0.560. The number of rotatable bonds is 9. The summed E-state index contributed by atoms with van der Waals surface area (Å²) in [7, 11) is 0. The molecule has 0 aliphatic carbocycles. The zero-order valence-electron chi connectivity index (χ0n) is 22.7. The van der Waals surface area contributed by atoms with Crippen LogP contribution in [0.1, 0.15) is 79.6 Å². The molecule has 0 spiro atoms. The molecule has 2 N–H and O–H groups in total. The second-order valence-electron chi connectivity index (χ2n) is 11.3. The lowest BCUT2D eigenvalue weighted by Gasteiger charge is -2.31. The number of nitro groups is 1. The Bertz CT molecular complexity index is 945. The smallest absolute Gasteiger partial charge is 0.293 e. The molecule has 1 rings (SSSR count). The number of nitrogens with one attached hydrogen (secondary N) is 2. The van der Waals surface area contributed by atoms with Gasteiger partial charge in [-0.3, -0.25) is 24.5 Å². The highest BCUT2D eigenvalue weighted by Gasteiger charge is 2.29. The van der Waals surface area contributed by atoms with E-state index in [0.717, 1.165) is 0 Å². The van der Waals surface area contributed by atoms with E-state index < -0.39 is 21.9 Å². The van der Waals surface area contributed by atoms with Gasteiger partial charge in [0.15, 0.2) is 0 Å². The van der Waals surface area contributed by atoms with Crippen molar-refractivity contribution in [3.8, 4) is 0 Å². The van der Waals surface area contributed by atoms with Crippen molar-refractivity contribution in [3.63, 3.8) is 0 Å². The Morgan fingerprint density at radius 3 is 1.77 bits per heavy atom. The molecule has 0 aromatic heterocycles. The molecule has 3 amide bonds. The molecule has 1 aromatic carbocycles. The van der Waals surface area contributed by atoms with Crippen molar-refractivity contribution in [2.75, 3.05) is 18.0 Å². The van der Waals surface area contributed by atoms with Gasteiger partial charge >= 0.3 is 0 Å². The van der Waals surface area contributed by atoms with Crippen molar-refractivity contribution in [1.82, 2.24) is 15.5 Å². The molecule has 0 fully saturated rings. The summed E-state index contributed by atoms with van der Waals surface area (Å²) >= 11 is 0. The zero-order chi connectivity index (χ0) is 27.3. The molecule has 0 saturated carbocycles. The Kier molecular flexibility index (Phi) is 9.82. The summed E-state index contributed by atoms with van der Waals surface area (Å²) in [4.78, 5) is 52.7. The maximum Gasteiger partial charge on any atom is 0.293 e. The van der Waals surface area contributed by atoms with Crippen LogP contribution in [-0.4, -0.2) is 63.8 Å². The van der Waals surface area contributed by atoms with Crippen molar-refractivity contribution < 1.29 is 19.3 Å². The number of carbonyl (C=O) groups is 3. The number of amides is 3. The number of carbonyl (C=O) groups excluding carboxylic acids is 3. The van der Waals surface area contributed by atoms with E-state index in [0.29, 0.717) is 0 Å². The van der Waals surface area contributed by atoms with E-state index in [-0.39, 0.29) is 53.9 Å². The number of anilines is 1. The van der Waals surface area contributed by atoms with E-state index in [1.807, 2.05) is 55.4 Å². The quantitative estimate of drug-likeness (QED) is 0.402. The molecule has 0 unspecified atom stereocenters. The van der Waals surface area contributed by atoms with Crippen LogP contribution in [0.25, 0.3) is 0 Å². The molecule has 0 aliphatic rings. The number of hydrogen-bond donors (Lipinski definition) is 2. The molecule has 0 saturated heterocycles. The maximum absolute atomic E-state index is 13.3. The van der Waals surface area contributed by atoms with Gasteiger partial charge in [-0.25, -0.2) is 0 Å². The van der Waals surface area contributed by atoms with E-state index in [4.69, 9.17) is 0 Å². The van der Waals surface area contributed by atoms with Crippen LogP contribution in [0, 0.1) is 10.1 Å². The highest BCUT2D eigenvalue weighted by Crippen LogP contribution is 2.31. The van der Waals surface area contributed by atoms with E-state index in [2.05, 4.69) is 10.6 Å². The van der Waals surface area contributed by atoms with Gasteiger partial charge in [-0.1, -0.05) is 0 Å². The lowest BCUT2D eigenvalue weighted by atomic mass is 10.1. The summed E-state index contributed by atoms with van der Waals surface area (Å²) in [6.45, 7) is 18.1. The average Bonchev–Trinajstić information content (AvgIpc) is 2.66. The minimum absolute atomic E-state index is 0.0752. The highest BCUT2D eigenvalue weighted by atomic mass is 16.6. The van der Waals surface area contributed by atoms with Gasteiger partial charge in [-0.2, -0.15) is 0 Å². The second kappa shape index (κ2) is 11.5. The third-order valence-corrected chi connectivity index (χ3v) is 4.89. The van der Waals surface area contributed by atoms with Gasteiger partial charge in [-0.05, 0) is 81.4 Å². The third kappa shape index (κ3) is 9.54. The first kappa shape index (κ1) is 29.9. The van der Waals surface area contributed by atoms with Gasteiger partial charge in [0.25, 0.3) is 11.6 Å². The van der Waals surface area contributed by atoms with E-state index in [9.17, 15) is 24.5 Å². The van der Waals surface area contributed by atoms with Gasteiger partial charge in [0.05, 0.1) is 11.5 Å². The Hall–Kier alpha value is -3.17. The van der Waals surface area contributed by atoms with E-state index in [1.165, 1.54) is 23.1 Å². The van der Waals surface area contributed by atoms with Crippen molar-refractivity contribution >= 4 is 29.1 Å². The number of benzene rings is 1. The molecule has 196 valence electrons. The van der Waals surface area contributed by atoms with Crippen molar-refractivity contribution in [1.29, 1.82) is 0 Å². The van der Waals surface area contributed by atoms with Crippen LogP contribution in [0.2, 0.25) is 0 Å². The standard InChI is InChI=1S/C25H41N5O5/c1-16(2)28(14-21(31)26-24(5,6)7)19-12-11-18(13-20(19)30(34)35)23(33)29(17(3)4)15-22(32)27-25(8,9)10/h11-13,16-17H,14-15H2,1-10H3,(H,26,31)(H,27,32). The van der Waals surface area contributed by atoms with E-state index in [1.54, 1.807) is 18.7 Å². The lowest BCUT2D eigenvalue weighted by Crippen LogP contribution is -2.49. The summed E-state index contributed by atoms with van der Waals surface area (Å²) in [5.74, 6) is -1.07. The van der Waals surface area contributed by atoms with Crippen LogP contribution >= 0.6 is 0 Å². The maximum atomic E-state index is 13.3. The Morgan fingerprint density at radius 2 is 1.37 bits per heavy atom. The Balaban J connectivity index is 3.33. The summed E-state index contributed by atoms with van der Waals surface area (Å²) in [6.07, 6.45) is 0. The normalized spacial score (nSPS) is 11.9. The number of nitro benzene ring substituents is 1. The molecular formula is C25H41N5O5. The minimum Gasteiger partial charge on any atom is -0.354 e. The fourth-order valence-electron chi connectivity index (χ4n) is 3.47. The number of hydrogen-bond acceptors (Lipinski definition) is 6. The zero-order valence-corrected chi connectivity index (χ0v) is 22.7. The molecule has 35 heavy (non-hydrogen) atoms. The molecule has 0 radical (unpaired) electrons. The number of nitrogens with zero attached hydrogens (tertiary/aromatic N) is 3. The van der Waals surface area contributed by atoms with Crippen LogP contribution < -0.4 is 15.5 Å². The Morgan fingerprint density at radius 1 is 0.886 bits per heavy atom. The largest absolute Gasteiger partial charge is 0.354 e. The predicted octanol–water partition coefficient (Wildman–Crippen LogP) is 3.49. The Labute approximate surface area is 208 Å². The molecule has 0 atom stereocenters. The first-order chi connectivity index (χ1) is 15.8. The SMILES string of the molecule is CC(C)N(CC(=O)NC(C)(C)C)C(=O)c1ccc(N(CC(=O)NC(C)(C)C)C(C)C)c([N+](=O)[O-])c1. The van der Waals surface area contributed by atoms with E-state index >= 15 is 0 Å². The van der Waals surface area contributed by atoms with Crippen LogP contribution in [0.5, 0.6) is 0 Å². The summed E-state index contributed by atoms with van der Waals surface area (Å²) in [5, 5.41) is 17.7. The summed E-state index contributed by atoms with van der Waals surface area (Å²) in [5.41, 5.74) is -0.840. The molecule has 0 heterocycles. The van der Waals surface area contributed by atoms with Crippen LogP contribution in [0.4, 0.5) is 11.4 Å². The molecular weight excluding hydrogens is 450 g/mol.